The van der Waals surface area contributed by atoms with Gasteiger partial charge in [0.05, 0.1) is 0 Å². The minimum Gasteiger partial charge on any atom is -0.451 e. The molecule has 2 unspecified atom stereocenters. The first-order chi connectivity index (χ1) is 27.5. The SMILES string of the molecule is CC1(N2CCC(N3C(=O)C[C@H]4CCCC[C@@H]43)CC2)CCN(C(=O)OCCF)C1.CC1(N2CCC(N3C(=O)C[C@H]4CCCC[C@@H]43)CC2)CCNC1.O=C(Cl)OCCF. The molecule has 0 aromatic heterocycles. The van der Waals surface area contributed by atoms with Crippen molar-refractivity contribution in [1.29, 1.82) is 0 Å². The number of hydrogen-bond donors (Lipinski definition) is 1. The fraction of sp³-hybridized carbons (Fsp3) is 0.905. The first-order valence-electron chi connectivity index (χ1n) is 22.2. The number of likely N-dealkylation sites (tertiary alicyclic amines) is 5. The summed E-state index contributed by atoms with van der Waals surface area (Å²) in [5, 5.41) is 3.51. The average Bonchev–Trinajstić information content (AvgIpc) is 4.00. The zero-order valence-corrected chi connectivity index (χ0v) is 35.3. The topological polar surface area (TPSA) is 115 Å². The smallest absolute Gasteiger partial charge is 0.409 e. The van der Waals surface area contributed by atoms with E-state index in [0.29, 0.717) is 66.4 Å². The van der Waals surface area contributed by atoms with Gasteiger partial charge in [-0.3, -0.25) is 19.4 Å². The van der Waals surface area contributed by atoms with Crippen molar-refractivity contribution >= 4 is 34.9 Å². The molecule has 8 fully saturated rings. The van der Waals surface area contributed by atoms with Crippen LogP contribution in [0.2, 0.25) is 0 Å². The molecule has 0 aromatic carbocycles. The molecule has 15 heteroatoms. The highest BCUT2D eigenvalue weighted by molar-refractivity contribution is 6.61. The first kappa shape index (κ1) is 44.3. The van der Waals surface area contributed by atoms with Crippen molar-refractivity contribution in [3.05, 3.63) is 0 Å². The third-order valence-corrected chi connectivity index (χ3v) is 14.9. The van der Waals surface area contributed by atoms with Crippen LogP contribution < -0.4 is 5.32 Å². The average molecular weight is 827 g/mol. The van der Waals surface area contributed by atoms with Crippen LogP contribution in [0.25, 0.3) is 0 Å². The summed E-state index contributed by atoms with van der Waals surface area (Å²) in [5.74, 6) is 2.11. The van der Waals surface area contributed by atoms with E-state index in [1.165, 1.54) is 83.7 Å². The summed E-state index contributed by atoms with van der Waals surface area (Å²) in [4.78, 5) is 58.3. The van der Waals surface area contributed by atoms with Gasteiger partial charge in [-0.1, -0.05) is 25.7 Å². The van der Waals surface area contributed by atoms with Crippen molar-refractivity contribution in [2.45, 2.75) is 152 Å². The highest BCUT2D eigenvalue weighted by Crippen LogP contribution is 2.42. The van der Waals surface area contributed by atoms with Crippen molar-refractivity contribution in [2.75, 3.05) is 78.9 Å². The van der Waals surface area contributed by atoms with Gasteiger partial charge in [-0.25, -0.2) is 18.4 Å². The lowest BCUT2D eigenvalue weighted by atomic mass is 9.84. The molecule has 324 valence electrons. The zero-order valence-electron chi connectivity index (χ0n) is 34.6. The molecule has 0 bridgehead atoms. The highest BCUT2D eigenvalue weighted by Gasteiger charge is 2.48. The van der Waals surface area contributed by atoms with E-state index in [9.17, 15) is 28.0 Å². The molecular weight excluding hydrogens is 758 g/mol. The molecule has 6 atom stereocenters. The molecule has 8 rings (SSSR count). The maximum absolute atomic E-state index is 12.7. The Bertz CT molecular complexity index is 1360. The largest absolute Gasteiger partial charge is 0.451 e. The number of piperidine rings is 2. The molecule has 8 aliphatic rings. The molecule has 0 spiro atoms. The summed E-state index contributed by atoms with van der Waals surface area (Å²) < 4.78 is 32.2. The van der Waals surface area contributed by atoms with Gasteiger partial charge in [0.1, 0.15) is 26.6 Å². The normalized spacial score (nSPS) is 33.9. The quantitative estimate of drug-likeness (QED) is 0.289. The summed E-state index contributed by atoms with van der Waals surface area (Å²) in [5.41, 5.74) is -0.659. The Labute approximate surface area is 344 Å². The van der Waals surface area contributed by atoms with Crippen LogP contribution in [-0.2, 0) is 19.1 Å². The maximum atomic E-state index is 12.7. The van der Waals surface area contributed by atoms with Crippen molar-refractivity contribution in [1.82, 2.24) is 29.8 Å². The molecule has 2 saturated carbocycles. The number of hydrogen-bond acceptors (Lipinski definition) is 9. The molecule has 0 radical (unpaired) electrons. The van der Waals surface area contributed by atoms with Gasteiger partial charge in [-0.15, -0.1) is 0 Å². The summed E-state index contributed by atoms with van der Waals surface area (Å²) in [6, 6.07) is 1.98. The summed E-state index contributed by atoms with van der Waals surface area (Å²) >= 11 is 4.63. The lowest BCUT2D eigenvalue weighted by Crippen LogP contribution is -2.56. The zero-order chi connectivity index (χ0) is 40.6. The van der Waals surface area contributed by atoms with Gasteiger partial charge in [0.15, 0.2) is 0 Å². The molecule has 2 aliphatic carbocycles. The van der Waals surface area contributed by atoms with Gasteiger partial charge in [-0.05, 0) is 96.4 Å². The van der Waals surface area contributed by atoms with Crippen LogP contribution in [0.4, 0.5) is 18.4 Å². The molecule has 0 aromatic rings. The number of halogens is 3. The lowest BCUT2D eigenvalue weighted by Gasteiger charge is -2.46. The van der Waals surface area contributed by atoms with E-state index in [4.69, 9.17) is 4.74 Å². The molecule has 1 N–H and O–H groups in total. The van der Waals surface area contributed by atoms with E-state index < -0.39 is 24.9 Å². The summed E-state index contributed by atoms with van der Waals surface area (Å²) in [6.07, 6.45) is 18.0. The molecular formula is C42H69ClF2N6O6. The number of nitrogens with one attached hydrogen (secondary N) is 1. The van der Waals surface area contributed by atoms with Crippen molar-refractivity contribution in [3.63, 3.8) is 0 Å². The van der Waals surface area contributed by atoms with Crippen LogP contribution in [0.5, 0.6) is 0 Å². The van der Waals surface area contributed by atoms with E-state index >= 15 is 0 Å². The monoisotopic (exact) mass is 826 g/mol. The predicted molar refractivity (Wildman–Crippen MR) is 215 cm³/mol. The number of carbonyl (C=O) groups excluding carboxylic acids is 4. The van der Waals surface area contributed by atoms with Gasteiger partial charge in [0.2, 0.25) is 11.8 Å². The van der Waals surface area contributed by atoms with Crippen LogP contribution >= 0.6 is 11.6 Å². The third-order valence-electron chi connectivity index (χ3n) is 14.8. The Morgan fingerprint density at radius 3 is 1.65 bits per heavy atom. The Morgan fingerprint density at radius 2 is 1.19 bits per heavy atom. The van der Waals surface area contributed by atoms with E-state index in [1.54, 1.807) is 4.90 Å². The number of fused-ring (bicyclic) bond motifs is 2. The third kappa shape index (κ3) is 10.7. The van der Waals surface area contributed by atoms with Crippen molar-refractivity contribution in [3.8, 4) is 0 Å². The number of ether oxygens (including phenoxy) is 2. The van der Waals surface area contributed by atoms with Crippen molar-refractivity contribution in [2.24, 2.45) is 11.8 Å². The van der Waals surface area contributed by atoms with Crippen LogP contribution in [0.1, 0.15) is 117 Å². The second-order valence-corrected chi connectivity index (χ2v) is 18.6. The maximum Gasteiger partial charge on any atom is 0.409 e. The van der Waals surface area contributed by atoms with Gasteiger partial charge in [-0.2, -0.15) is 0 Å². The summed E-state index contributed by atoms with van der Waals surface area (Å²) in [7, 11) is 0. The van der Waals surface area contributed by atoms with Gasteiger partial charge in [0, 0.05) is 106 Å². The van der Waals surface area contributed by atoms with Crippen LogP contribution in [0, 0.1) is 11.8 Å². The molecule has 3 amide bonds. The van der Waals surface area contributed by atoms with Crippen LogP contribution in [0.15, 0.2) is 0 Å². The van der Waals surface area contributed by atoms with E-state index in [2.05, 4.69) is 55.1 Å². The Morgan fingerprint density at radius 1 is 0.702 bits per heavy atom. The van der Waals surface area contributed by atoms with Crippen LogP contribution in [0.3, 0.4) is 0 Å². The number of rotatable bonds is 8. The van der Waals surface area contributed by atoms with Gasteiger partial charge < -0.3 is 29.5 Å². The fourth-order valence-electron chi connectivity index (χ4n) is 11.7. The standard InChI is InChI=1S/C21H34FN3O3.C18H31N3O.C3H4ClFO2/c1-21(8-12-23(15-21)20(27)28-13-9-22)24-10-6-17(7-11-24)25-18-5-3-2-4-16(18)14-19(25)26;1-18(8-9-19-13-18)20-10-6-15(7-11-20)21-16-5-3-2-4-14(16)12-17(21)22;4-3(6)7-2-1-5/h16-18H,2-15H2,1H3;14-16,19H,2-13H2,1H3;1-2H2/t16-,18+,21?;14-,16+,18?;/m11./s1. The van der Waals surface area contributed by atoms with E-state index in [0.717, 1.165) is 58.3 Å². The Kier molecular flexibility index (Phi) is 15.8. The Hall–Kier alpha value is -2.29. The second-order valence-electron chi connectivity index (χ2n) is 18.3. The summed E-state index contributed by atoms with van der Waals surface area (Å²) in [6.45, 7) is 10.8. The minimum absolute atomic E-state index is 0.0535. The second kappa shape index (κ2) is 20.3. The van der Waals surface area contributed by atoms with Gasteiger partial charge in [0.25, 0.3) is 0 Å². The van der Waals surface area contributed by atoms with Crippen LogP contribution in [-0.4, -0.2) is 162 Å². The van der Waals surface area contributed by atoms with Gasteiger partial charge >= 0.3 is 11.5 Å². The van der Waals surface area contributed by atoms with Crippen molar-refractivity contribution < 1.29 is 37.4 Å². The molecule has 12 nitrogen and oxygen atoms in total. The number of carbonyl (C=O) groups is 4. The molecule has 57 heavy (non-hydrogen) atoms. The molecule has 6 aliphatic heterocycles. The first-order valence-corrected chi connectivity index (χ1v) is 22.5. The molecule has 6 saturated heterocycles. The molecule has 6 heterocycles. The predicted octanol–water partition coefficient (Wildman–Crippen LogP) is 6.14. The van der Waals surface area contributed by atoms with E-state index in [-0.39, 0.29) is 18.8 Å². The number of amides is 3. The minimum atomic E-state index is -0.961. The highest BCUT2D eigenvalue weighted by atomic mass is 35.5. The number of alkyl halides is 2. The fourth-order valence-corrected chi connectivity index (χ4v) is 11.8. The number of nitrogens with zero attached hydrogens (tertiary/aromatic N) is 5. The lowest BCUT2D eigenvalue weighted by molar-refractivity contribution is -0.133. The Balaban J connectivity index is 0.000000169. The van der Waals surface area contributed by atoms with E-state index in [1.807, 2.05) is 0 Å².